The molecule has 1 aliphatic heterocycles. The van der Waals surface area contributed by atoms with E-state index in [0.29, 0.717) is 5.92 Å². The maximum Gasteiger partial charge on any atom is 0.0716 e. The van der Waals surface area contributed by atoms with Crippen LogP contribution in [-0.2, 0) is 6.54 Å². The van der Waals surface area contributed by atoms with Crippen molar-refractivity contribution in [3.8, 4) is 0 Å². The van der Waals surface area contributed by atoms with Gasteiger partial charge in [0.05, 0.1) is 6.10 Å². The first-order valence-electron chi connectivity index (χ1n) is 5.70. The van der Waals surface area contributed by atoms with Crippen molar-refractivity contribution < 1.29 is 5.11 Å². The van der Waals surface area contributed by atoms with Gasteiger partial charge in [0.15, 0.2) is 0 Å². The third kappa shape index (κ3) is 4.47. The molecule has 18 heavy (non-hydrogen) atoms. The number of benzene rings is 1. The average molecular weight is 401 g/mol. The van der Waals surface area contributed by atoms with Crippen LogP contribution in [0.15, 0.2) is 27.1 Å². The average Bonchev–Trinajstić information content (AvgIpc) is 2.70. The standard InChI is InChI=1S/C12H16Br2N2O.ClH/c13-10-2-1-8(3-11(10)14)4-15-5-9-6-16-7-12(9)17;/h1-3,9,12,15-17H,4-7H2;1H. The lowest BCUT2D eigenvalue weighted by molar-refractivity contribution is 0.146. The second kappa shape index (κ2) is 7.82. The van der Waals surface area contributed by atoms with E-state index in [9.17, 15) is 5.11 Å². The van der Waals surface area contributed by atoms with Crippen LogP contribution in [0.5, 0.6) is 0 Å². The van der Waals surface area contributed by atoms with E-state index in [1.807, 2.05) is 6.07 Å². The van der Waals surface area contributed by atoms with Gasteiger partial charge in [-0.15, -0.1) is 12.4 Å². The number of nitrogens with one attached hydrogen (secondary N) is 2. The number of hydrogen-bond acceptors (Lipinski definition) is 3. The van der Waals surface area contributed by atoms with E-state index in [4.69, 9.17) is 0 Å². The first kappa shape index (κ1) is 16.4. The van der Waals surface area contributed by atoms with Crippen molar-refractivity contribution in [1.82, 2.24) is 10.6 Å². The molecule has 0 amide bonds. The molecule has 1 aromatic carbocycles. The highest BCUT2D eigenvalue weighted by Crippen LogP contribution is 2.23. The molecule has 1 saturated heterocycles. The van der Waals surface area contributed by atoms with E-state index >= 15 is 0 Å². The number of hydrogen-bond donors (Lipinski definition) is 3. The molecule has 3 N–H and O–H groups in total. The van der Waals surface area contributed by atoms with Gasteiger partial charge in [0.1, 0.15) is 0 Å². The van der Waals surface area contributed by atoms with Gasteiger partial charge in [-0.3, -0.25) is 0 Å². The minimum absolute atomic E-state index is 0. The third-order valence-corrected chi connectivity index (χ3v) is 4.90. The summed E-state index contributed by atoms with van der Waals surface area (Å²) < 4.78 is 2.14. The monoisotopic (exact) mass is 398 g/mol. The van der Waals surface area contributed by atoms with Crippen molar-refractivity contribution in [3.05, 3.63) is 32.7 Å². The Morgan fingerprint density at radius 1 is 1.28 bits per heavy atom. The molecule has 0 saturated carbocycles. The lowest BCUT2D eigenvalue weighted by atomic mass is 10.1. The summed E-state index contributed by atoms with van der Waals surface area (Å²) in [4.78, 5) is 0. The van der Waals surface area contributed by atoms with E-state index in [2.05, 4.69) is 54.6 Å². The molecule has 0 aromatic heterocycles. The van der Waals surface area contributed by atoms with Gasteiger partial charge in [-0.25, -0.2) is 0 Å². The third-order valence-electron chi connectivity index (χ3n) is 3.02. The molecular formula is C12H17Br2ClN2O. The second-order valence-corrected chi connectivity index (χ2v) is 6.07. The SMILES string of the molecule is Cl.OC1CNCC1CNCc1ccc(Br)c(Br)c1. The first-order valence-corrected chi connectivity index (χ1v) is 7.29. The van der Waals surface area contributed by atoms with Crippen LogP contribution in [0.25, 0.3) is 0 Å². The quantitative estimate of drug-likeness (QED) is 0.727. The summed E-state index contributed by atoms with van der Waals surface area (Å²) in [5, 5.41) is 16.2. The van der Waals surface area contributed by atoms with Crippen LogP contribution in [0.3, 0.4) is 0 Å². The van der Waals surface area contributed by atoms with E-state index < -0.39 is 0 Å². The normalized spacial score (nSPS) is 22.8. The Morgan fingerprint density at radius 2 is 2.06 bits per heavy atom. The van der Waals surface area contributed by atoms with Crippen LogP contribution in [0, 0.1) is 5.92 Å². The second-order valence-electron chi connectivity index (χ2n) is 4.37. The molecule has 0 bridgehead atoms. The summed E-state index contributed by atoms with van der Waals surface area (Å²) in [5.74, 6) is 0.328. The molecule has 0 aliphatic carbocycles. The highest BCUT2D eigenvalue weighted by atomic mass is 79.9. The molecule has 2 atom stereocenters. The Balaban J connectivity index is 0.00000162. The number of rotatable bonds is 4. The van der Waals surface area contributed by atoms with Gasteiger partial charge in [0.2, 0.25) is 0 Å². The van der Waals surface area contributed by atoms with Crippen molar-refractivity contribution in [3.63, 3.8) is 0 Å². The van der Waals surface area contributed by atoms with Gasteiger partial charge in [0.25, 0.3) is 0 Å². The van der Waals surface area contributed by atoms with Gasteiger partial charge in [-0.2, -0.15) is 0 Å². The molecule has 6 heteroatoms. The lowest BCUT2D eigenvalue weighted by Gasteiger charge is -2.14. The fourth-order valence-electron chi connectivity index (χ4n) is 1.98. The molecule has 1 fully saturated rings. The smallest absolute Gasteiger partial charge is 0.0716 e. The molecule has 0 radical (unpaired) electrons. The lowest BCUT2D eigenvalue weighted by Crippen LogP contribution is -2.30. The van der Waals surface area contributed by atoms with E-state index in [1.54, 1.807) is 0 Å². The van der Waals surface area contributed by atoms with Crippen molar-refractivity contribution in [1.29, 1.82) is 0 Å². The Labute approximate surface area is 130 Å². The molecule has 3 nitrogen and oxygen atoms in total. The molecule has 1 heterocycles. The summed E-state index contributed by atoms with van der Waals surface area (Å²) in [6.45, 7) is 3.30. The van der Waals surface area contributed by atoms with Gasteiger partial charge < -0.3 is 15.7 Å². The molecule has 1 aromatic rings. The highest BCUT2D eigenvalue weighted by molar-refractivity contribution is 9.13. The predicted octanol–water partition coefficient (Wildman–Crippen LogP) is 2.30. The minimum atomic E-state index is -0.209. The Bertz CT molecular complexity index is 392. The van der Waals surface area contributed by atoms with Crippen LogP contribution in [0.2, 0.25) is 0 Å². The predicted molar refractivity (Wildman–Crippen MR) is 83.2 cm³/mol. The van der Waals surface area contributed by atoms with E-state index in [0.717, 1.165) is 35.1 Å². The van der Waals surface area contributed by atoms with Crippen LogP contribution >= 0.6 is 44.3 Å². The first-order chi connectivity index (χ1) is 8.16. The van der Waals surface area contributed by atoms with Crippen molar-refractivity contribution in [2.45, 2.75) is 12.6 Å². The van der Waals surface area contributed by atoms with Crippen LogP contribution in [0.4, 0.5) is 0 Å². The summed E-state index contributed by atoms with van der Waals surface area (Å²) in [6.07, 6.45) is -0.209. The van der Waals surface area contributed by atoms with E-state index in [-0.39, 0.29) is 18.5 Å². The number of β-amino-alcohol motifs (C(OH)–C–C–N with tert-alkyl or cyclic N) is 1. The topological polar surface area (TPSA) is 44.3 Å². The Morgan fingerprint density at radius 3 is 2.67 bits per heavy atom. The Hall–Kier alpha value is 0.350. The minimum Gasteiger partial charge on any atom is -0.391 e. The summed E-state index contributed by atoms with van der Waals surface area (Å²) in [7, 11) is 0. The van der Waals surface area contributed by atoms with Gasteiger partial charge in [0, 0.05) is 41.0 Å². The maximum atomic E-state index is 9.65. The van der Waals surface area contributed by atoms with Crippen molar-refractivity contribution >= 4 is 44.3 Å². The number of halogens is 3. The molecule has 1 aliphatic rings. The highest BCUT2D eigenvalue weighted by Gasteiger charge is 2.23. The molecule has 2 rings (SSSR count). The van der Waals surface area contributed by atoms with Crippen molar-refractivity contribution in [2.24, 2.45) is 5.92 Å². The zero-order valence-electron chi connectivity index (χ0n) is 9.83. The van der Waals surface area contributed by atoms with Crippen LogP contribution < -0.4 is 10.6 Å². The summed E-state index contributed by atoms with van der Waals surface area (Å²) in [5.41, 5.74) is 1.24. The fraction of sp³-hybridized carbons (Fsp3) is 0.500. The van der Waals surface area contributed by atoms with Gasteiger partial charge in [-0.1, -0.05) is 6.07 Å². The molecule has 0 spiro atoms. The molecule has 102 valence electrons. The van der Waals surface area contributed by atoms with E-state index in [1.165, 1.54) is 5.56 Å². The van der Waals surface area contributed by atoms with Crippen LogP contribution in [0.1, 0.15) is 5.56 Å². The summed E-state index contributed by atoms with van der Waals surface area (Å²) in [6, 6.07) is 6.22. The number of aliphatic hydroxyl groups is 1. The maximum absolute atomic E-state index is 9.65. The largest absolute Gasteiger partial charge is 0.391 e. The van der Waals surface area contributed by atoms with Gasteiger partial charge >= 0.3 is 0 Å². The zero-order valence-corrected chi connectivity index (χ0v) is 13.8. The van der Waals surface area contributed by atoms with Gasteiger partial charge in [-0.05, 0) is 49.6 Å². The summed E-state index contributed by atoms with van der Waals surface area (Å²) >= 11 is 6.94. The van der Waals surface area contributed by atoms with Crippen molar-refractivity contribution in [2.75, 3.05) is 19.6 Å². The molecular weight excluding hydrogens is 383 g/mol. The number of aliphatic hydroxyl groups excluding tert-OH is 1. The zero-order chi connectivity index (χ0) is 12.3. The fourth-order valence-corrected chi connectivity index (χ4v) is 2.65. The molecule has 2 unspecified atom stereocenters. The Kier molecular flexibility index (Phi) is 7.13. The van der Waals surface area contributed by atoms with Crippen LogP contribution in [-0.4, -0.2) is 30.8 Å².